The molecule has 4 rings (SSSR count). The molecule has 1 aliphatic heterocycles. The molecule has 0 saturated heterocycles. The van der Waals surface area contributed by atoms with Gasteiger partial charge >= 0.3 is 0 Å². The molecule has 3 aromatic rings. The van der Waals surface area contributed by atoms with E-state index in [1.807, 2.05) is 17.5 Å². The molecule has 0 aromatic carbocycles. The summed E-state index contributed by atoms with van der Waals surface area (Å²) in [5, 5.41) is 6.00. The molecule has 0 bridgehead atoms. The molecule has 0 fully saturated rings. The highest BCUT2D eigenvalue weighted by Gasteiger charge is 2.25. The lowest BCUT2D eigenvalue weighted by molar-refractivity contribution is 0.402. The largest absolute Gasteiger partial charge is 0.496 e. The van der Waals surface area contributed by atoms with Crippen LogP contribution in [0.15, 0.2) is 32.9 Å². The highest BCUT2D eigenvalue weighted by molar-refractivity contribution is 7.13. The van der Waals surface area contributed by atoms with Crippen molar-refractivity contribution >= 4 is 11.3 Å². The highest BCUT2D eigenvalue weighted by atomic mass is 32.1. The fourth-order valence-corrected chi connectivity index (χ4v) is 3.45. The van der Waals surface area contributed by atoms with Gasteiger partial charge in [0.1, 0.15) is 11.3 Å². The first-order chi connectivity index (χ1) is 10.8. The molecule has 0 amide bonds. The topological polar surface area (TPSA) is 70.2 Å². The van der Waals surface area contributed by atoms with E-state index in [9.17, 15) is 4.79 Å². The Kier molecular flexibility index (Phi) is 3.07. The molecule has 0 atom stereocenters. The summed E-state index contributed by atoms with van der Waals surface area (Å²) < 4.78 is 12.6. The lowest BCUT2D eigenvalue weighted by Crippen LogP contribution is -2.19. The number of nitrogens with zero attached hydrogens (tertiary/aromatic N) is 3. The number of rotatable bonds is 3. The molecular formula is C15H13N3O3S. The zero-order valence-electron chi connectivity index (χ0n) is 11.9. The summed E-state index contributed by atoms with van der Waals surface area (Å²) in [4.78, 5) is 17.5. The minimum absolute atomic E-state index is 0.0499. The molecule has 0 aliphatic carbocycles. The van der Waals surface area contributed by atoms with Gasteiger partial charge in [0.2, 0.25) is 5.82 Å². The molecule has 22 heavy (non-hydrogen) atoms. The van der Waals surface area contributed by atoms with Gasteiger partial charge in [-0.2, -0.15) is 4.98 Å². The molecule has 7 heteroatoms. The van der Waals surface area contributed by atoms with Crippen LogP contribution >= 0.6 is 11.3 Å². The van der Waals surface area contributed by atoms with Gasteiger partial charge in [-0.1, -0.05) is 11.2 Å². The summed E-state index contributed by atoms with van der Waals surface area (Å²) >= 11 is 1.55. The zero-order chi connectivity index (χ0) is 15.1. The Morgan fingerprint density at radius 2 is 2.36 bits per heavy atom. The van der Waals surface area contributed by atoms with Crippen LogP contribution in [-0.4, -0.2) is 21.8 Å². The van der Waals surface area contributed by atoms with Crippen molar-refractivity contribution < 1.29 is 9.26 Å². The minimum Gasteiger partial charge on any atom is -0.496 e. The van der Waals surface area contributed by atoms with Crippen molar-refractivity contribution in [2.75, 3.05) is 7.11 Å². The average molecular weight is 315 g/mol. The van der Waals surface area contributed by atoms with E-state index in [4.69, 9.17) is 9.26 Å². The van der Waals surface area contributed by atoms with Gasteiger partial charge in [-0.05, 0) is 24.3 Å². The Hall–Kier alpha value is -2.41. The fourth-order valence-electron chi connectivity index (χ4n) is 2.80. The van der Waals surface area contributed by atoms with Crippen molar-refractivity contribution in [3.63, 3.8) is 0 Å². The van der Waals surface area contributed by atoms with Crippen molar-refractivity contribution in [2.24, 2.45) is 0 Å². The van der Waals surface area contributed by atoms with E-state index in [-0.39, 0.29) is 5.56 Å². The Morgan fingerprint density at radius 1 is 1.45 bits per heavy atom. The molecule has 3 aromatic heterocycles. The second-order valence-corrected chi connectivity index (χ2v) is 5.98. The lowest BCUT2D eigenvalue weighted by Gasteiger charge is -2.11. The maximum atomic E-state index is 12.1. The van der Waals surface area contributed by atoms with E-state index < -0.39 is 0 Å². The van der Waals surface area contributed by atoms with Crippen LogP contribution in [0.1, 0.15) is 12.1 Å². The molecule has 6 nitrogen and oxygen atoms in total. The minimum atomic E-state index is -0.0499. The van der Waals surface area contributed by atoms with Crippen LogP contribution in [-0.2, 0) is 13.0 Å². The molecule has 0 unspecified atom stereocenters. The number of aromatic nitrogens is 3. The van der Waals surface area contributed by atoms with E-state index in [0.717, 1.165) is 35.5 Å². The predicted octanol–water partition coefficient (Wildman–Crippen LogP) is 2.58. The monoisotopic (exact) mass is 315 g/mol. The molecule has 1 aliphatic rings. The van der Waals surface area contributed by atoms with Crippen LogP contribution < -0.4 is 10.3 Å². The van der Waals surface area contributed by atoms with Gasteiger partial charge in [0, 0.05) is 18.3 Å². The molecule has 0 radical (unpaired) electrons. The van der Waals surface area contributed by atoms with E-state index in [1.54, 1.807) is 23.0 Å². The zero-order valence-corrected chi connectivity index (χ0v) is 12.7. The number of hydrogen-bond acceptors (Lipinski definition) is 6. The summed E-state index contributed by atoms with van der Waals surface area (Å²) in [6.45, 7) is 0.719. The molecule has 0 saturated carbocycles. The van der Waals surface area contributed by atoms with Crippen LogP contribution in [0.4, 0.5) is 0 Å². The summed E-state index contributed by atoms with van der Waals surface area (Å²) in [7, 11) is 1.54. The van der Waals surface area contributed by atoms with Gasteiger partial charge < -0.3 is 13.8 Å². The van der Waals surface area contributed by atoms with Crippen molar-refractivity contribution in [1.82, 2.24) is 14.7 Å². The van der Waals surface area contributed by atoms with Crippen molar-refractivity contribution in [3.8, 4) is 27.9 Å². The van der Waals surface area contributed by atoms with Gasteiger partial charge in [0.05, 0.1) is 12.0 Å². The second kappa shape index (κ2) is 5.10. The summed E-state index contributed by atoms with van der Waals surface area (Å²) in [6, 6.07) is 5.37. The van der Waals surface area contributed by atoms with Crippen molar-refractivity contribution in [2.45, 2.75) is 19.4 Å². The van der Waals surface area contributed by atoms with Gasteiger partial charge in [0.25, 0.3) is 11.4 Å². The Morgan fingerprint density at radius 3 is 3.14 bits per heavy atom. The van der Waals surface area contributed by atoms with Gasteiger partial charge in [0.15, 0.2) is 0 Å². The Balaban J connectivity index is 1.90. The Bertz CT molecular complexity index is 880. The molecular weight excluding hydrogens is 302 g/mol. The normalized spacial score (nSPS) is 13.3. The van der Waals surface area contributed by atoms with Crippen LogP contribution in [0.5, 0.6) is 5.75 Å². The van der Waals surface area contributed by atoms with Crippen LogP contribution in [0.3, 0.4) is 0 Å². The van der Waals surface area contributed by atoms with Crippen molar-refractivity contribution in [3.05, 3.63) is 39.6 Å². The first kappa shape index (κ1) is 13.3. The van der Waals surface area contributed by atoms with E-state index >= 15 is 0 Å². The fraction of sp³-hybridized carbons (Fsp3) is 0.267. The SMILES string of the molecule is COc1cc(=O)n2c(c1-c1nc(-c3cccs3)no1)CCC2. The van der Waals surface area contributed by atoms with Gasteiger partial charge in [-0.3, -0.25) is 4.79 Å². The third-order valence-corrected chi connectivity index (χ3v) is 4.64. The van der Waals surface area contributed by atoms with Crippen molar-refractivity contribution in [1.29, 1.82) is 0 Å². The number of fused-ring (bicyclic) bond motifs is 1. The van der Waals surface area contributed by atoms with Gasteiger partial charge in [-0.25, -0.2) is 0 Å². The number of hydrogen-bond donors (Lipinski definition) is 0. The summed E-state index contributed by atoms with van der Waals surface area (Å²) in [6.07, 6.45) is 1.74. The molecule has 112 valence electrons. The maximum Gasteiger partial charge on any atom is 0.263 e. The van der Waals surface area contributed by atoms with E-state index in [1.165, 1.54) is 6.07 Å². The third-order valence-electron chi connectivity index (χ3n) is 3.78. The molecule has 0 N–H and O–H groups in total. The van der Waals surface area contributed by atoms with Crippen LogP contribution in [0.25, 0.3) is 22.2 Å². The standard InChI is InChI=1S/C15H13N3O3S/c1-20-10-8-12(19)18-6-2-4-9(18)13(10)15-16-14(17-21-15)11-5-3-7-22-11/h3,5,7-8H,2,4,6H2,1H3. The molecule has 0 spiro atoms. The average Bonchev–Trinajstić information content (AvgIpc) is 3.26. The second-order valence-electron chi connectivity index (χ2n) is 5.03. The first-order valence-corrected chi connectivity index (χ1v) is 7.84. The predicted molar refractivity (Wildman–Crippen MR) is 82.2 cm³/mol. The maximum absolute atomic E-state index is 12.1. The summed E-state index contributed by atoms with van der Waals surface area (Å²) in [5.74, 6) is 1.43. The number of pyridine rings is 1. The molecule has 4 heterocycles. The van der Waals surface area contributed by atoms with Crippen LogP contribution in [0, 0.1) is 0 Å². The first-order valence-electron chi connectivity index (χ1n) is 6.96. The number of ether oxygens (including phenoxy) is 1. The van der Waals surface area contributed by atoms with Gasteiger partial charge in [-0.15, -0.1) is 11.3 Å². The lowest BCUT2D eigenvalue weighted by atomic mass is 10.1. The summed E-state index contributed by atoms with van der Waals surface area (Å²) in [5.41, 5.74) is 1.59. The number of methoxy groups -OCH3 is 1. The highest BCUT2D eigenvalue weighted by Crippen LogP contribution is 2.35. The Labute approximate surface area is 130 Å². The van der Waals surface area contributed by atoms with E-state index in [0.29, 0.717) is 17.5 Å². The number of thiophene rings is 1. The quantitative estimate of drug-likeness (QED) is 0.743. The third kappa shape index (κ3) is 1.97. The van der Waals surface area contributed by atoms with E-state index in [2.05, 4.69) is 10.1 Å². The smallest absolute Gasteiger partial charge is 0.263 e. The van der Waals surface area contributed by atoms with Crippen LogP contribution in [0.2, 0.25) is 0 Å².